The summed E-state index contributed by atoms with van der Waals surface area (Å²) in [6.07, 6.45) is 1.76. The van der Waals surface area contributed by atoms with Crippen molar-refractivity contribution in [3.05, 3.63) is 24.0 Å². The fourth-order valence-corrected chi connectivity index (χ4v) is 1.97. The normalized spacial score (nSPS) is 20.8. The van der Waals surface area contributed by atoms with Gasteiger partial charge in [-0.05, 0) is 19.2 Å². The lowest BCUT2D eigenvalue weighted by atomic mass is 10.2. The maximum Gasteiger partial charge on any atom is 0.269 e. The molecule has 98 valence electrons. The molecule has 0 radical (unpaired) electrons. The maximum atomic E-state index is 11.4. The van der Waals surface area contributed by atoms with E-state index in [9.17, 15) is 4.79 Å². The zero-order chi connectivity index (χ0) is 13.1. The van der Waals surface area contributed by atoms with Crippen LogP contribution in [-0.2, 0) is 0 Å². The smallest absolute Gasteiger partial charge is 0.269 e. The van der Waals surface area contributed by atoms with Gasteiger partial charge in [-0.25, -0.2) is 4.98 Å². The lowest BCUT2D eigenvalue weighted by Gasteiger charge is -2.38. The number of likely N-dealkylation sites (N-methyl/N-ethyl adjacent to an activating group) is 1. The van der Waals surface area contributed by atoms with Gasteiger partial charge < -0.3 is 16.0 Å². The Labute approximate surface area is 107 Å². The van der Waals surface area contributed by atoms with Crippen LogP contribution in [0.25, 0.3) is 0 Å². The number of aromatic nitrogens is 1. The number of nitrogens with two attached hydrogens (primary N) is 1. The Morgan fingerprint density at radius 1 is 1.50 bits per heavy atom. The van der Waals surface area contributed by atoms with Crippen LogP contribution in [0.2, 0.25) is 0 Å². The van der Waals surface area contributed by atoms with Crippen molar-refractivity contribution in [1.82, 2.24) is 15.2 Å². The largest absolute Gasteiger partial charge is 0.366 e. The van der Waals surface area contributed by atoms with Crippen molar-refractivity contribution in [3.8, 4) is 0 Å². The van der Waals surface area contributed by atoms with E-state index < -0.39 is 0 Å². The number of carbonyl (C=O) groups excluding carboxylic acids is 1. The van der Waals surface area contributed by atoms with E-state index in [0.29, 0.717) is 5.69 Å². The summed E-state index contributed by atoms with van der Waals surface area (Å²) in [6.45, 7) is 2.63. The van der Waals surface area contributed by atoms with Crippen LogP contribution in [0.15, 0.2) is 18.3 Å². The highest BCUT2D eigenvalue weighted by molar-refractivity contribution is 5.92. The average molecular weight is 249 g/mol. The summed E-state index contributed by atoms with van der Waals surface area (Å²) < 4.78 is 0. The molecule has 1 atom stereocenters. The van der Waals surface area contributed by atoms with E-state index in [-0.39, 0.29) is 12.1 Å². The fourth-order valence-electron chi connectivity index (χ4n) is 1.97. The molecule has 6 heteroatoms. The van der Waals surface area contributed by atoms with Crippen molar-refractivity contribution in [2.24, 2.45) is 5.73 Å². The zero-order valence-corrected chi connectivity index (χ0v) is 10.8. The van der Waals surface area contributed by atoms with Crippen LogP contribution >= 0.6 is 0 Å². The average Bonchev–Trinajstić information content (AvgIpc) is 2.41. The molecule has 18 heavy (non-hydrogen) atoms. The number of pyridine rings is 1. The number of amides is 1. The molecular formula is C12H19N5O. The molecule has 0 unspecified atom stereocenters. The van der Waals surface area contributed by atoms with Gasteiger partial charge in [0.1, 0.15) is 5.69 Å². The molecular weight excluding hydrogens is 230 g/mol. The SMILES string of the molecule is CNC(=O)c1ccc(N2CCN(C)[C@@H](N)C2)cn1. The van der Waals surface area contributed by atoms with E-state index in [1.807, 2.05) is 13.1 Å². The molecule has 1 fully saturated rings. The molecule has 0 spiro atoms. The van der Waals surface area contributed by atoms with Crippen molar-refractivity contribution in [3.63, 3.8) is 0 Å². The second-order valence-corrected chi connectivity index (χ2v) is 4.47. The minimum absolute atomic E-state index is 0.0392. The topological polar surface area (TPSA) is 74.5 Å². The van der Waals surface area contributed by atoms with Gasteiger partial charge in [0.05, 0.1) is 18.1 Å². The molecule has 1 aliphatic heterocycles. The zero-order valence-electron chi connectivity index (χ0n) is 10.8. The molecule has 3 N–H and O–H groups in total. The molecule has 0 aliphatic carbocycles. The van der Waals surface area contributed by atoms with Crippen molar-refractivity contribution in [2.45, 2.75) is 6.17 Å². The molecule has 1 amide bonds. The molecule has 1 aromatic heterocycles. The second-order valence-electron chi connectivity index (χ2n) is 4.47. The number of carbonyl (C=O) groups is 1. The maximum absolute atomic E-state index is 11.4. The van der Waals surface area contributed by atoms with Crippen LogP contribution in [0.4, 0.5) is 5.69 Å². The van der Waals surface area contributed by atoms with E-state index in [1.165, 1.54) is 0 Å². The van der Waals surface area contributed by atoms with E-state index in [1.54, 1.807) is 19.3 Å². The van der Waals surface area contributed by atoms with Gasteiger partial charge in [-0.15, -0.1) is 0 Å². The van der Waals surface area contributed by atoms with Gasteiger partial charge in [-0.1, -0.05) is 0 Å². The Morgan fingerprint density at radius 3 is 2.83 bits per heavy atom. The summed E-state index contributed by atoms with van der Waals surface area (Å²) in [4.78, 5) is 19.9. The number of nitrogens with one attached hydrogen (secondary N) is 1. The highest BCUT2D eigenvalue weighted by Gasteiger charge is 2.21. The predicted molar refractivity (Wildman–Crippen MR) is 70.4 cm³/mol. The first-order chi connectivity index (χ1) is 8.61. The summed E-state index contributed by atoms with van der Waals surface area (Å²) in [5.74, 6) is -0.170. The van der Waals surface area contributed by atoms with E-state index in [0.717, 1.165) is 25.3 Å². The number of piperazine rings is 1. The summed E-state index contributed by atoms with van der Waals surface area (Å²) in [6, 6.07) is 3.65. The Hall–Kier alpha value is -1.66. The summed E-state index contributed by atoms with van der Waals surface area (Å²) in [5, 5.41) is 2.55. The molecule has 1 aromatic rings. The predicted octanol–water partition coefficient (Wildman–Crippen LogP) is -0.522. The van der Waals surface area contributed by atoms with Crippen LogP contribution in [0.3, 0.4) is 0 Å². The number of hydrogen-bond acceptors (Lipinski definition) is 5. The minimum atomic E-state index is -0.170. The lowest BCUT2D eigenvalue weighted by molar-refractivity contribution is 0.0958. The Morgan fingerprint density at radius 2 is 2.28 bits per heavy atom. The van der Waals surface area contributed by atoms with E-state index in [2.05, 4.69) is 20.1 Å². The van der Waals surface area contributed by atoms with Crippen molar-refractivity contribution in [2.75, 3.05) is 38.6 Å². The van der Waals surface area contributed by atoms with E-state index in [4.69, 9.17) is 5.73 Å². The standard InChI is InChI=1S/C12H19N5O/c1-14-12(18)10-4-3-9(7-15-10)17-6-5-16(2)11(13)8-17/h3-4,7,11H,5-6,8,13H2,1-2H3,(H,14,18)/t11-/m1/s1. The highest BCUT2D eigenvalue weighted by Crippen LogP contribution is 2.16. The van der Waals surface area contributed by atoms with E-state index >= 15 is 0 Å². The second kappa shape index (κ2) is 5.32. The summed E-state index contributed by atoms with van der Waals surface area (Å²) in [7, 11) is 3.62. The number of anilines is 1. The molecule has 0 aromatic carbocycles. The van der Waals surface area contributed by atoms with Crippen LogP contribution in [0.5, 0.6) is 0 Å². The highest BCUT2D eigenvalue weighted by atomic mass is 16.1. The van der Waals surface area contributed by atoms with Gasteiger partial charge in [0.25, 0.3) is 5.91 Å². The number of rotatable bonds is 2. The van der Waals surface area contributed by atoms with Crippen LogP contribution < -0.4 is 16.0 Å². The van der Waals surface area contributed by atoms with Gasteiger partial charge in [0.2, 0.25) is 0 Å². The van der Waals surface area contributed by atoms with Crippen LogP contribution in [-0.4, -0.2) is 55.7 Å². The third-order valence-electron chi connectivity index (χ3n) is 3.27. The molecule has 1 saturated heterocycles. The third kappa shape index (κ3) is 2.60. The van der Waals surface area contributed by atoms with Crippen LogP contribution in [0, 0.1) is 0 Å². The fraction of sp³-hybridized carbons (Fsp3) is 0.500. The molecule has 0 bridgehead atoms. The molecule has 2 heterocycles. The van der Waals surface area contributed by atoms with Crippen molar-refractivity contribution >= 4 is 11.6 Å². The molecule has 0 saturated carbocycles. The monoisotopic (exact) mass is 249 g/mol. The van der Waals surface area contributed by atoms with Gasteiger partial charge in [0, 0.05) is 26.7 Å². The third-order valence-corrected chi connectivity index (χ3v) is 3.27. The van der Waals surface area contributed by atoms with Crippen molar-refractivity contribution in [1.29, 1.82) is 0 Å². The van der Waals surface area contributed by atoms with Gasteiger partial charge in [-0.3, -0.25) is 9.69 Å². The van der Waals surface area contributed by atoms with Gasteiger partial charge in [0.15, 0.2) is 0 Å². The molecule has 2 rings (SSSR count). The summed E-state index contributed by atoms with van der Waals surface area (Å²) >= 11 is 0. The van der Waals surface area contributed by atoms with Crippen molar-refractivity contribution < 1.29 is 4.79 Å². The first kappa shape index (κ1) is 12.8. The first-order valence-corrected chi connectivity index (χ1v) is 6.00. The quantitative estimate of drug-likeness (QED) is 0.737. The summed E-state index contributed by atoms with van der Waals surface area (Å²) in [5.41, 5.74) is 7.44. The lowest BCUT2D eigenvalue weighted by Crippen LogP contribution is -2.55. The number of nitrogens with zero attached hydrogens (tertiary/aromatic N) is 3. The molecule has 1 aliphatic rings. The Balaban J connectivity index is 2.08. The number of hydrogen-bond donors (Lipinski definition) is 2. The van der Waals surface area contributed by atoms with Gasteiger partial charge >= 0.3 is 0 Å². The first-order valence-electron chi connectivity index (χ1n) is 6.00. The molecule has 6 nitrogen and oxygen atoms in total. The van der Waals surface area contributed by atoms with Crippen LogP contribution in [0.1, 0.15) is 10.5 Å². The minimum Gasteiger partial charge on any atom is -0.366 e. The van der Waals surface area contributed by atoms with Gasteiger partial charge in [-0.2, -0.15) is 0 Å². The Kier molecular flexibility index (Phi) is 3.78. The Bertz CT molecular complexity index is 419.